The highest BCUT2D eigenvalue weighted by Gasteiger charge is 2.44. The molecule has 1 saturated heterocycles. The van der Waals surface area contributed by atoms with Crippen LogP contribution in [0.15, 0.2) is 24.3 Å². The first kappa shape index (κ1) is 20.9. The summed E-state index contributed by atoms with van der Waals surface area (Å²) in [4.78, 5) is 35.3. The van der Waals surface area contributed by atoms with Crippen molar-refractivity contribution in [2.24, 2.45) is 5.92 Å². The van der Waals surface area contributed by atoms with Gasteiger partial charge in [-0.25, -0.2) is 4.79 Å². The van der Waals surface area contributed by atoms with Crippen molar-refractivity contribution in [2.75, 3.05) is 19.7 Å². The number of ether oxygens (including phenoxy) is 2. The molecule has 1 aliphatic heterocycles. The highest BCUT2D eigenvalue weighted by molar-refractivity contribution is 5.90. The first-order valence-electron chi connectivity index (χ1n) is 8.47. The van der Waals surface area contributed by atoms with Crippen LogP contribution < -0.4 is 0 Å². The maximum absolute atomic E-state index is 12.1. The maximum atomic E-state index is 12.1. The summed E-state index contributed by atoms with van der Waals surface area (Å²) < 4.78 is 44.9. The lowest BCUT2D eigenvalue weighted by Gasteiger charge is -2.37. The molecule has 0 aliphatic carbocycles. The summed E-state index contributed by atoms with van der Waals surface area (Å²) in [5.74, 6) is -4.61. The molecule has 1 fully saturated rings. The van der Waals surface area contributed by atoms with Crippen LogP contribution in [0, 0.1) is 5.92 Å². The third kappa shape index (κ3) is 6.35. The molecule has 0 N–H and O–H groups in total. The molecule has 0 unspecified atom stereocenters. The molecule has 2 rings (SSSR count). The Hall–Kier alpha value is -2.42. The predicted octanol–water partition coefficient (Wildman–Crippen LogP) is 2.25. The van der Waals surface area contributed by atoms with Crippen LogP contribution in [-0.2, 0) is 36.8 Å². The van der Waals surface area contributed by atoms with E-state index in [1.54, 1.807) is 6.92 Å². The van der Waals surface area contributed by atoms with Crippen LogP contribution in [0.4, 0.5) is 13.2 Å². The molecule has 1 heterocycles. The second-order valence-electron chi connectivity index (χ2n) is 6.22. The van der Waals surface area contributed by atoms with Crippen LogP contribution >= 0.6 is 0 Å². The fraction of sp³-hybridized carbons (Fsp3) is 0.500. The number of aryl methyl sites for hydroxylation is 1. The lowest BCUT2D eigenvalue weighted by atomic mass is 9.99. The molecule has 0 saturated carbocycles. The molecule has 0 aromatic heterocycles. The number of rotatable bonds is 7. The highest BCUT2D eigenvalue weighted by Crippen LogP contribution is 2.23. The summed E-state index contributed by atoms with van der Waals surface area (Å²) in [5.41, 5.74) is 1.95. The van der Waals surface area contributed by atoms with E-state index in [-0.39, 0.29) is 19.1 Å². The SMILES string of the molecule is CCOC(=O)CCc1ccc(CN2CC(C(=O)OC(=O)C(F)(F)F)C2)cc1. The second kappa shape index (κ2) is 8.98. The standard InChI is InChI=1S/C18H20F3NO5/c1-2-26-15(23)8-7-12-3-5-13(6-4-12)9-22-10-14(11-22)16(24)27-17(25)18(19,20)21/h3-6,14H,2,7-11H2,1H3. The molecular weight excluding hydrogens is 367 g/mol. The normalized spacial score (nSPS) is 15.1. The minimum absolute atomic E-state index is 0.231. The van der Waals surface area contributed by atoms with Gasteiger partial charge in [0.2, 0.25) is 0 Å². The van der Waals surface area contributed by atoms with Gasteiger partial charge in [0.15, 0.2) is 0 Å². The van der Waals surface area contributed by atoms with Gasteiger partial charge in [0.1, 0.15) is 0 Å². The van der Waals surface area contributed by atoms with E-state index in [9.17, 15) is 27.6 Å². The molecule has 1 aromatic carbocycles. The zero-order valence-electron chi connectivity index (χ0n) is 14.8. The van der Waals surface area contributed by atoms with E-state index in [4.69, 9.17) is 4.74 Å². The number of carbonyl (C=O) groups excluding carboxylic acids is 3. The number of benzene rings is 1. The lowest BCUT2D eigenvalue weighted by molar-refractivity contribution is -0.204. The van der Waals surface area contributed by atoms with Gasteiger partial charge in [0.05, 0.1) is 12.5 Å². The zero-order chi connectivity index (χ0) is 20.0. The molecule has 0 spiro atoms. The summed E-state index contributed by atoms with van der Waals surface area (Å²) in [6.45, 7) is 3.09. The first-order valence-corrected chi connectivity index (χ1v) is 8.47. The zero-order valence-corrected chi connectivity index (χ0v) is 14.8. The van der Waals surface area contributed by atoms with Crippen molar-refractivity contribution in [1.29, 1.82) is 0 Å². The Kier molecular flexibility index (Phi) is 6.95. The molecule has 0 radical (unpaired) electrons. The number of likely N-dealkylation sites (tertiary alicyclic amines) is 1. The Morgan fingerprint density at radius 1 is 1.11 bits per heavy atom. The fourth-order valence-corrected chi connectivity index (χ4v) is 2.63. The Balaban J connectivity index is 1.72. The van der Waals surface area contributed by atoms with Crippen LogP contribution in [0.3, 0.4) is 0 Å². The van der Waals surface area contributed by atoms with Crippen molar-refractivity contribution in [2.45, 2.75) is 32.5 Å². The van der Waals surface area contributed by atoms with Gasteiger partial charge >= 0.3 is 24.1 Å². The first-order chi connectivity index (χ1) is 12.7. The van der Waals surface area contributed by atoms with Gasteiger partial charge in [-0.15, -0.1) is 0 Å². The van der Waals surface area contributed by atoms with Crippen LogP contribution in [0.25, 0.3) is 0 Å². The van der Waals surface area contributed by atoms with E-state index in [1.165, 1.54) is 0 Å². The van der Waals surface area contributed by atoms with Gasteiger partial charge in [-0.2, -0.15) is 13.2 Å². The third-order valence-electron chi connectivity index (χ3n) is 4.07. The van der Waals surface area contributed by atoms with Gasteiger partial charge in [-0.1, -0.05) is 24.3 Å². The number of alkyl halides is 3. The van der Waals surface area contributed by atoms with Gasteiger partial charge in [-0.3, -0.25) is 14.5 Å². The van der Waals surface area contributed by atoms with E-state index in [2.05, 4.69) is 4.74 Å². The Bertz CT molecular complexity index is 681. The monoisotopic (exact) mass is 387 g/mol. The summed E-state index contributed by atoms with van der Waals surface area (Å²) in [6, 6.07) is 7.56. The van der Waals surface area contributed by atoms with Crippen molar-refractivity contribution in [3.05, 3.63) is 35.4 Å². The molecule has 1 aromatic rings. The van der Waals surface area contributed by atoms with E-state index >= 15 is 0 Å². The van der Waals surface area contributed by atoms with Crippen LogP contribution in [0.1, 0.15) is 24.5 Å². The number of esters is 3. The third-order valence-corrected chi connectivity index (χ3v) is 4.07. The summed E-state index contributed by atoms with van der Waals surface area (Å²) in [7, 11) is 0. The molecule has 148 valence electrons. The molecule has 0 bridgehead atoms. The second-order valence-corrected chi connectivity index (χ2v) is 6.22. The summed E-state index contributed by atoms with van der Waals surface area (Å²) in [5, 5.41) is 0. The van der Waals surface area contributed by atoms with Crippen molar-refractivity contribution < 1.29 is 37.0 Å². The minimum atomic E-state index is -5.17. The lowest BCUT2D eigenvalue weighted by Crippen LogP contribution is -2.51. The van der Waals surface area contributed by atoms with Crippen molar-refractivity contribution >= 4 is 17.9 Å². The molecule has 0 amide bonds. The predicted molar refractivity (Wildman–Crippen MR) is 87.3 cm³/mol. The van der Waals surface area contributed by atoms with Crippen LogP contribution in [0.2, 0.25) is 0 Å². The number of nitrogens with zero attached hydrogens (tertiary/aromatic N) is 1. The maximum Gasteiger partial charge on any atom is 0.491 e. The molecule has 1 aliphatic rings. The van der Waals surface area contributed by atoms with Crippen LogP contribution in [-0.4, -0.2) is 48.7 Å². The number of hydrogen-bond acceptors (Lipinski definition) is 6. The Morgan fingerprint density at radius 3 is 2.26 bits per heavy atom. The molecular formula is C18H20F3NO5. The van der Waals surface area contributed by atoms with Crippen molar-refractivity contribution in [3.63, 3.8) is 0 Å². The molecule has 27 heavy (non-hydrogen) atoms. The molecule has 0 atom stereocenters. The van der Waals surface area contributed by atoms with E-state index in [1.807, 2.05) is 29.2 Å². The van der Waals surface area contributed by atoms with Crippen molar-refractivity contribution in [1.82, 2.24) is 4.90 Å². The average Bonchev–Trinajstić information content (AvgIpc) is 2.56. The van der Waals surface area contributed by atoms with Gasteiger partial charge in [0.25, 0.3) is 0 Å². The summed E-state index contributed by atoms with van der Waals surface area (Å²) >= 11 is 0. The minimum Gasteiger partial charge on any atom is -0.466 e. The van der Waals surface area contributed by atoms with Crippen molar-refractivity contribution in [3.8, 4) is 0 Å². The van der Waals surface area contributed by atoms with Gasteiger partial charge < -0.3 is 9.47 Å². The van der Waals surface area contributed by atoms with Gasteiger partial charge in [0, 0.05) is 26.1 Å². The largest absolute Gasteiger partial charge is 0.491 e. The number of halogens is 3. The number of hydrogen-bond donors (Lipinski definition) is 0. The highest BCUT2D eigenvalue weighted by atomic mass is 19.4. The Labute approximate surface area is 154 Å². The molecule has 6 nitrogen and oxygen atoms in total. The molecule has 9 heteroatoms. The average molecular weight is 387 g/mol. The Morgan fingerprint density at radius 2 is 1.70 bits per heavy atom. The van der Waals surface area contributed by atoms with E-state index in [0.717, 1.165) is 11.1 Å². The smallest absolute Gasteiger partial charge is 0.466 e. The summed E-state index contributed by atoms with van der Waals surface area (Å²) in [6.07, 6.45) is -4.29. The topological polar surface area (TPSA) is 72.9 Å². The fourth-order valence-electron chi connectivity index (χ4n) is 2.63. The van der Waals surface area contributed by atoms with E-state index in [0.29, 0.717) is 26.0 Å². The van der Waals surface area contributed by atoms with E-state index < -0.39 is 24.0 Å². The van der Waals surface area contributed by atoms with Gasteiger partial charge in [-0.05, 0) is 24.5 Å². The number of carbonyl (C=O) groups is 3. The quantitative estimate of drug-likeness (QED) is 0.528. The van der Waals surface area contributed by atoms with Crippen LogP contribution in [0.5, 0.6) is 0 Å².